The Labute approximate surface area is 217 Å². The van der Waals surface area contributed by atoms with Gasteiger partial charge in [-0.1, -0.05) is 18.0 Å². The maximum Gasteiger partial charge on any atom is 0.242 e. The van der Waals surface area contributed by atoms with Crippen molar-refractivity contribution in [1.82, 2.24) is 19.4 Å². The lowest BCUT2D eigenvalue weighted by atomic mass is 10.0. The van der Waals surface area contributed by atoms with E-state index in [0.29, 0.717) is 34.6 Å². The fraction of sp³-hybridized carbons (Fsp3) is 0.667. The summed E-state index contributed by atoms with van der Waals surface area (Å²) in [5.74, 6) is -0.371. The van der Waals surface area contributed by atoms with E-state index in [1.54, 1.807) is 12.1 Å². The van der Waals surface area contributed by atoms with Crippen molar-refractivity contribution in [3.05, 3.63) is 26.8 Å². The standard InChI is InChI=1S/C24H35ClN4O4S2/c1-18-6-2-3-12-27(18)16-19-7-4-14-29(19)23(30)17-28-13-5-8-21(24(28)31)26-35(32,33)15-11-20-9-10-22(25)34-20/h9-11,15,18-19,21,26H,2-8,12-14,16-17H2,1H3/b15-11+/t18?,19-,21-/m0/s1. The summed E-state index contributed by atoms with van der Waals surface area (Å²) in [5.41, 5.74) is 0. The number of halogens is 1. The first-order valence-electron chi connectivity index (χ1n) is 12.5. The van der Waals surface area contributed by atoms with Gasteiger partial charge in [0.15, 0.2) is 0 Å². The zero-order valence-electron chi connectivity index (χ0n) is 20.2. The van der Waals surface area contributed by atoms with Crippen LogP contribution in [0.3, 0.4) is 0 Å². The van der Waals surface area contributed by atoms with E-state index in [0.717, 1.165) is 37.9 Å². The molecule has 0 radical (unpaired) electrons. The average molecular weight is 543 g/mol. The minimum atomic E-state index is -3.82. The van der Waals surface area contributed by atoms with Crippen LogP contribution < -0.4 is 4.72 Å². The molecule has 35 heavy (non-hydrogen) atoms. The molecule has 0 aliphatic carbocycles. The van der Waals surface area contributed by atoms with Crippen LogP contribution >= 0.6 is 22.9 Å². The number of hydrogen-bond acceptors (Lipinski definition) is 6. The summed E-state index contributed by atoms with van der Waals surface area (Å²) in [5, 5.41) is 1.06. The van der Waals surface area contributed by atoms with E-state index in [9.17, 15) is 18.0 Å². The van der Waals surface area contributed by atoms with Gasteiger partial charge in [0.25, 0.3) is 0 Å². The molecule has 1 unspecified atom stereocenters. The van der Waals surface area contributed by atoms with E-state index in [4.69, 9.17) is 11.6 Å². The highest BCUT2D eigenvalue weighted by molar-refractivity contribution is 7.92. The minimum absolute atomic E-state index is 0.00660. The van der Waals surface area contributed by atoms with Crippen LogP contribution in [0.15, 0.2) is 17.5 Å². The topological polar surface area (TPSA) is 90.0 Å². The molecule has 3 aliphatic rings. The smallest absolute Gasteiger partial charge is 0.242 e. The van der Waals surface area contributed by atoms with E-state index in [2.05, 4.69) is 16.5 Å². The lowest BCUT2D eigenvalue weighted by Crippen LogP contribution is -2.55. The van der Waals surface area contributed by atoms with E-state index < -0.39 is 16.1 Å². The normalized spacial score (nSPS) is 26.7. The summed E-state index contributed by atoms with van der Waals surface area (Å²) < 4.78 is 28.2. The monoisotopic (exact) mass is 542 g/mol. The molecule has 2 amide bonds. The van der Waals surface area contributed by atoms with E-state index in [-0.39, 0.29) is 24.4 Å². The predicted octanol–water partition coefficient (Wildman–Crippen LogP) is 3.15. The summed E-state index contributed by atoms with van der Waals surface area (Å²) >= 11 is 7.16. The number of hydrogen-bond donors (Lipinski definition) is 1. The molecule has 3 saturated heterocycles. The van der Waals surface area contributed by atoms with Gasteiger partial charge in [0.2, 0.25) is 21.8 Å². The molecule has 4 rings (SSSR count). The number of thiophene rings is 1. The number of nitrogens with zero attached hydrogens (tertiary/aromatic N) is 3. The Balaban J connectivity index is 1.33. The quantitative estimate of drug-likeness (QED) is 0.545. The number of carbonyl (C=O) groups excluding carboxylic acids is 2. The Morgan fingerprint density at radius 1 is 1.14 bits per heavy atom. The van der Waals surface area contributed by atoms with Crippen molar-refractivity contribution < 1.29 is 18.0 Å². The van der Waals surface area contributed by atoms with Crippen LogP contribution in [0.25, 0.3) is 6.08 Å². The Hall–Kier alpha value is -1.46. The van der Waals surface area contributed by atoms with Crippen LogP contribution in [-0.4, -0.2) is 85.8 Å². The molecule has 0 bridgehead atoms. The lowest BCUT2D eigenvalue weighted by Gasteiger charge is -2.38. The highest BCUT2D eigenvalue weighted by Crippen LogP contribution is 2.25. The Kier molecular flexibility index (Phi) is 8.91. The average Bonchev–Trinajstić information content (AvgIpc) is 3.45. The lowest BCUT2D eigenvalue weighted by molar-refractivity contribution is -0.143. The maximum atomic E-state index is 13.2. The Morgan fingerprint density at radius 3 is 2.69 bits per heavy atom. The third-order valence-electron chi connectivity index (χ3n) is 7.25. The van der Waals surface area contributed by atoms with Crippen molar-refractivity contribution in [3.63, 3.8) is 0 Å². The number of amides is 2. The summed E-state index contributed by atoms with van der Waals surface area (Å²) in [6, 6.07) is 3.30. The Morgan fingerprint density at radius 2 is 1.94 bits per heavy atom. The molecular formula is C24H35ClN4O4S2. The largest absolute Gasteiger partial charge is 0.337 e. The van der Waals surface area contributed by atoms with E-state index in [1.807, 2.05) is 4.90 Å². The number of sulfonamides is 1. The van der Waals surface area contributed by atoms with Crippen molar-refractivity contribution in [2.75, 3.05) is 32.7 Å². The summed E-state index contributed by atoms with van der Waals surface area (Å²) in [4.78, 5) is 32.9. The van der Waals surface area contributed by atoms with Crippen molar-refractivity contribution in [2.24, 2.45) is 0 Å². The van der Waals surface area contributed by atoms with Gasteiger partial charge in [0.05, 0.1) is 10.9 Å². The first-order valence-corrected chi connectivity index (χ1v) is 15.2. The van der Waals surface area contributed by atoms with Gasteiger partial charge in [-0.25, -0.2) is 8.42 Å². The molecule has 3 aliphatic heterocycles. The van der Waals surface area contributed by atoms with E-state index in [1.165, 1.54) is 41.6 Å². The predicted molar refractivity (Wildman–Crippen MR) is 140 cm³/mol. The van der Waals surface area contributed by atoms with Gasteiger partial charge in [-0.05, 0) is 70.2 Å². The highest BCUT2D eigenvalue weighted by Gasteiger charge is 2.36. The third kappa shape index (κ3) is 7.07. The fourth-order valence-corrected chi connectivity index (χ4v) is 7.40. The fourth-order valence-electron chi connectivity index (χ4n) is 5.33. The van der Waals surface area contributed by atoms with Crippen molar-refractivity contribution in [2.45, 2.75) is 70.0 Å². The summed E-state index contributed by atoms with van der Waals surface area (Å²) in [6.07, 6.45) is 8.18. The molecule has 8 nitrogen and oxygen atoms in total. The number of likely N-dealkylation sites (tertiary alicyclic amines) is 3. The third-order valence-corrected chi connectivity index (χ3v) is 9.56. The molecule has 1 N–H and O–H groups in total. The molecule has 3 atom stereocenters. The van der Waals surface area contributed by atoms with Crippen LogP contribution in [0.1, 0.15) is 56.7 Å². The highest BCUT2D eigenvalue weighted by atomic mass is 35.5. The first kappa shape index (κ1) is 26.6. The molecule has 4 heterocycles. The van der Waals surface area contributed by atoms with Crippen LogP contribution in [0.4, 0.5) is 0 Å². The molecule has 0 spiro atoms. The molecule has 0 saturated carbocycles. The number of nitrogens with one attached hydrogen (secondary N) is 1. The van der Waals surface area contributed by atoms with Crippen LogP contribution in [0.5, 0.6) is 0 Å². The van der Waals surface area contributed by atoms with Gasteiger partial charge in [-0.15, -0.1) is 11.3 Å². The van der Waals surface area contributed by atoms with Crippen LogP contribution in [-0.2, 0) is 19.6 Å². The maximum absolute atomic E-state index is 13.2. The van der Waals surface area contributed by atoms with Gasteiger partial charge >= 0.3 is 0 Å². The second kappa shape index (κ2) is 11.7. The van der Waals surface area contributed by atoms with Crippen LogP contribution in [0.2, 0.25) is 4.34 Å². The number of rotatable bonds is 8. The first-order chi connectivity index (χ1) is 16.7. The second-order valence-corrected chi connectivity index (χ2v) is 13.1. The second-order valence-electron chi connectivity index (χ2n) is 9.79. The molecule has 11 heteroatoms. The minimum Gasteiger partial charge on any atom is -0.337 e. The summed E-state index contributed by atoms with van der Waals surface area (Å²) in [7, 11) is -3.82. The van der Waals surface area contributed by atoms with Gasteiger partial charge < -0.3 is 9.80 Å². The van der Waals surface area contributed by atoms with Gasteiger partial charge in [0.1, 0.15) is 6.04 Å². The molecule has 1 aromatic heterocycles. The van der Waals surface area contributed by atoms with Gasteiger partial charge in [-0.2, -0.15) is 4.72 Å². The van der Waals surface area contributed by atoms with Crippen molar-refractivity contribution >= 4 is 50.9 Å². The van der Waals surface area contributed by atoms with Gasteiger partial charge in [-0.3, -0.25) is 14.5 Å². The molecule has 0 aromatic carbocycles. The molecule has 1 aromatic rings. The zero-order valence-corrected chi connectivity index (χ0v) is 22.6. The molecular weight excluding hydrogens is 508 g/mol. The molecule has 3 fully saturated rings. The van der Waals surface area contributed by atoms with E-state index >= 15 is 0 Å². The summed E-state index contributed by atoms with van der Waals surface area (Å²) in [6.45, 7) is 5.44. The SMILES string of the molecule is CC1CCCCN1C[C@@H]1CCCN1C(=O)CN1CCC[C@H](NS(=O)(=O)/C=C/c2ccc(Cl)s2)C1=O. The van der Waals surface area contributed by atoms with Crippen LogP contribution in [0, 0.1) is 0 Å². The number of piperidine rings is 2. The number of carbonyl (C=O) groups is 2. The van der Waals surface area contributed by atoms with Crippen molar-refractivity contribution in [1.29, 1.82) is 0 Å². The Bertz CT molecular complexity index is 1040. The van der Waals surface area contributed by atoms with Crippen molar-refractivity contribution in [3.8, 4) is 0 Å². The zero-order chi connectivity index (χ0) is 25.0. The molecule has 194 valence electrons. The van der Waals surface area contributed by atoms with Gasteiger partial charge in [0, 0.05) is 42.0 Å².